The smallest absolute Gasteiger partial charge is 0.188 e. The predicted molar refractivity (Wildman–Crippen MR) is 63.0 cm³/mol. The molecule has 92 valence electrons. The van der Waals surface area contributed by atoms with Crippen LogP contribution in [0.1, 0.15) is 18.3 Å². The maximum absolute atomic E-state index is 5.95. The molecule has 2 saturated heterocycles. The average Bonchev–Trinajstić information content (AvgIpc) is 2.82. The first-order valence-electron chi connectivity index (χ1n) is 6.03. The fourth-order valence-corrected chi connectivity index (χ4v) is 2.45. The first-order valence-corrected chi connectivity index (χ1v) is 6.03. The molecular weight excluding hydrogens is 218 g/mol. The van der Waals surface area contributed by atoms with Gasteiger partial charge in [0.2, 0.25) is 0 Å². The van der Waals surface area contributed by atoms with Crippen LogP contribution in [0.3, 0.4) is 0 Å². The van der Waals surface area contributed by atoms with Crippen LogP contribution in [0.5, 0.6) is 5.75 Å². The van der Waals surface area contributed by atoms with E-state index < -0.39 is 0 Å². The van der Waals surface area contributed by atoms with E-state index in [1.807, 2.05) is 24.3 Å². The molecule has 3 atom stereocenters. The summed E-state index contributed by atoms with van der Waals surface area (Å²) in [5.74, 6) is 0.823. The van der Waals surface area contributed by atoms with Crippen LogP contribution in [0, 0.1) is 0 Å². The van der Waals surface area contributed by atoms with Gasteiger partial charge >= 0.3 is 0 Å². The maximum Gasteiger partial charge on any atom is 0.188 e. The fourth-order valence-electron chi connectivity index (χ4n) is 2.45. The summed E-state index contributed by atoms with van der Waals surface area (Å²) in [4.78, 5) is 0. The van der Waals surface area contributed by atoms with Crippen molar-refractivity contribution in [1.29, 1.82) is 0 Å². The summed E-state index contributed by atoms with van der Waals surface area (Å²) in [6.07, 6.45) is 1.10. The van der Waals surface area contributed by atoms with Crippen molar-refractivity contribution in [1.82, 2.24) is 5.32 Å². The van der Waals surface area contributed by atoms with Gasteiger partial charge in [-0.25, -0.2) is 0 Å². The van der Waals surface area contributed by atoms with E-state index >= 15 is 0 Å². The van der Waals surface area contributed by atoms with Crippen molar-refractivity contribution < 1.29 is 14.2 Å². The number of para-hydroxylation sites is 1. The molecule has 1 N–H and O–H groups in total. The van der Waals surface area contributed by atoms with Crippen LogP contribution >= 0.6 is 0 Å². The molecule has 2 aliphatic rings. The Hall–Kier alpha value is -1.10. The molecule has 0 spiro atoms. The second-order valence-electron chi connectivity index (χ2n) is 4.42. The molecule has 0 amide bonds. The normalized spacial score (nSPS) is 32.2. The molecule has 0 aromatic heterocycles. The number of hydrogen-bond donors (Lipinski definition) is 1. The zero-order valence-electron chi connectivity index (χ0n) is 9.89. The van der Waals surface area contributed by atoms with Gasteiger partial charge in [-0.2, -0.15) is 0 Å². The summed E-state index contributed by atoms with van der Waals surface area (Å²) < 4.78 is 17.2. The lowest BCUT2D eigenvalue weighted by molar-refractivity contribution is -0.0680. The van der Waals surface area contributed by atoms with E-state index in [1.165, 1.54) is 0 Å². The van der Waals surface area contributed by atoms with Gasteiger partial charge in [-0.3, -0.25) is 0 Å². The molecule has 0 radical (unpaired) electrons. The van der Waals surface area contributed by atoms with E-state index in [2.05, 4.69) is 5.32 Å². The number of rotatable bonds is 2. The monoisotopic (exact) mass is 235 g/mol. The second kappa shape index (κ2) is 4.64. The Labute approximate surface area is 101 Å². The molecule has 17 heavy (non-hydrogen) atoms. The first-order chi connectivity index (χ1) is 8.38. The maximum atomic E-state index is 5.95. The van der Waals surface area contributed by atoms with Gasteiger partial charge in [0.05, 0.1) is 19.3 Å². The van der Waals surface area contributed by atoms with Gasteiger partial charge in [0.25, 0.3) is 0 Å². The highest BCUT2D eigenvalue weighted by Crippen LogP contribution is 2.37. The number of benzene rings is 1. The van der Waals surface area contributed by atoms with E-state index in [0.29, 0.717) is 0 Å². The Kier molecular flexibility index (Phi) is 3.01. The van der Waals surface area contributed by atoms with E-state index in [4.69, 9.17) is 14.2 Å². The van der Waals surface area contributed by atoms with E-state index in [9.17, 15) is 0 Å². The van der Waals surface area contributed by atoms with Crippen molar-refractivity contribution in [3.63, 3.8) is 0 Å². The number of ether oxygens (including phenoxy) is 3. The summed E-state index contributed by atoms with van der Waals surface area (Å²) in [5, 5.41) is 3.32. The number of piperidine rings is 1. The van der Waals surface area contributed by atoms with Gasteiger partial charge in [-0.1, -0.05) is 18.2 Å². The number of nitrogens with one attached hydrogen (secondary N) is 1. The van der Waals surface area contributed by atoms with Crippen LogP contribution in [-0.4, -0.2) is 32.4 Å². The van der Waals surface area contributed by atoms with E-state index in [-0.39, 0.29) is 18.5 Å². The van der Waals surface area contributed by atoms with Crippen molar-refractivity contribution in [2.45, 2.75) is 24.9 Å². The summed E-state index contributed by atoms with van der Waals surface area (Å²) in [6.45, 7) is 1.87. The minimum Gasteiger partial charge on any atom is -0.496 e. The van der Waals surface area contributed by atoms with E-state index in [0.717, 1.165) is 30.8 Å². The Morgan fingerprint density at radius 3 is 2.88 bits per heavy atom. The van der Waals surface area contributed by atoms with Crippen LogP contribution in [-0.2, 0) is 9.47 Å². The standard InChI is InChI=1S/C13H17NO3/c1-15-10-5-3-2-4-9(10)13-16-11-6-7-14-8-12(11)17-13/h2-5,11-14H,6-8H2,1H3. The zero-order chi connectivity index (χ0) is 11.7. The van der Waals surface area contributed by atoms with Crippen LogP contribution in [0.2, 0.25) is 0 Å². The third kappa shape index (κ3) is 2.04. The van der Waals surface area contributed by atoms with Crippen LogP contribution < -0.4 is 10.1 Å². The largest absolute Gasteiger partial charge is 0.496 e. The lowest BCUT2D eigenvalue weighted by atomic mass is 10.1. The third-order valence-electron chi connectivity index (χ3n) is 3.36. The second-order valence-corrected chi connectivity index (χ2v) is 4.42. The minimum absolute atomic E-state index is 0.165. The molecule has 0 saturated carbocycles. The zero-order valence-corrected chi connectivity index (χ0v) is 9.89. The van der Waals surface area contributed by atoms with E-state index in [1.54, 1.807) is 7.11 Å². The quantitative estimate of drug-likeness (QED) is 0.842. The summed E-state index contributed by atoms with van der Waals surface area (Å²) >= 11 is 0. The third-order valence-corrected chi connectivity index (χ3v) is 3.36. The molecule has 0 aliphatic carbocycles. The number of fused-ring (bicyclic) bond motifs is 1. The Balaban J connectivity index is 1.81. The van der Waals surface area contributed by atoms with Gasteiger partial charge < -0.3 is 19.5 Å². The Morgan fingerprint density at radius 2 is 2.06 bits per heavy atom. The highest BCUT2D eigenvalue weighted by atomic mass is 16.7. The molecule has 1 aromatic rings. The van der Waals surface area contributed by atoms with Crippen LogP contribution in [0.15, 0.2) is 24.3 Å². The molecule has 4 heteroatoms. The van der Waals surface area contributed by atoms with Crippen LogP contribution in [0.4, 0.5) is 0 Å². The van der Waals surface area contributed by atoms with Gasteiger partial charge in [0, 0.05) is 12.1 Å². The topological polar surface area (TPSA) is 39.7 Å². The highest BCUT2D eigenvalue weighted by molar-refractivity contribution is 5.34. The molecule has 4 nitrogen and oxygen atoms in total. The predicted octanol–water partition coefficient (Wildman–Crippen LogP) is 1.47. The molecule has 2 heterocycles. The van der Waals surface area contributed by atoms with Crippen molar-refractivity contribution in [2.24, 2.45) is 0 Å². The molecular formula is C13H17NO3. The molecule has 2 fully saturated rings. The fraction of sp³-hybridized carbons (Fsp3) is 0.538. The molecule has 1 aromatic carbocycles. The Bertz CT molecular complexity index is 382. The summed E-state index contributed by atoms with van der Waals surface area (Å²) in [5.41, 5.74) is 0.976. The lowest BCUT2D eigenvalue weighted by Crippen LogP contribution is -2.41. The molecule has 3 rings (SSSR count). The molecule has 2 aliphatic heterocycles. The Morgan fingerprint density at radius 1 is 1.24 bits per heavy atom. The van der Waals surface area contributed by atoms with Gasteiger partial charge in [0.1, 0.15) is 5.75 Å². The van der Waals surface area contributed by atoms with Gasteiger partial charge in [0.15, 0.2) is 6.29 Å². The molecule has 3 unspecified atom stereocenters. The van der Waals surface area contributed by atoms with Crippen molar-refractivity contribution >= 4 is 0 Å². The highest BCUT2D eigenvalue weighted by Gasteiger charge is 2.39. The van der Waals surface area contributed by atoms with Crippen molar-refractivity contribution in [2.75, 3.05) is 20.2 Å². The van der Waals surface area contributed by atoms with Crippen molar-refractivity contribution in [3.05, 3.63) is 29.8 Å². The first kappa shape index (κ1) is 11.0. The van der Waals surface area contributed by atoms with Crippen LogP contribution in [0.25, 0.3) is 0 Å². The SMILES string of the molecule is COc1ccccc1C1OC2CCNCC2O1. The number of methoxy groups -OCH3 is 1. The van der Waals surface area contributed by atoms with Gasteiger partial charge in [-0.05, 0) is 19.0 Å². The summed E-state index contributed by atoms with van der Waals surface area (Å²) in [7, 11) is 1.67. The molecule has 0 bridgehead atoms. The average molecular weight is 235 g/mol. The van der Waals surface area contributed by atoms with Gasteiger partial charge in [-0.15, -0.1) is 0 Å². The van der Waals surface area contributed by atoms with Crippen molar-refractivity contribution in [3.8, 4) is 5.75 Å². The lowest BCUT2D eigenvalue weighted by Gasteiger charge is -2.22. The summed E-state index contributed by atoms with van der Waals surface area (Å²) in [6, 6.07) is 7.85. The number of hydrogen-bond acceptors (Lipinski definition) is 4. The minimum atomic E-state index is -0.291.